The van der Waals surface area contributed by atoms with Crippen molar-refractivity contribution in [3.05, 3.63) is 52.7 Å². The maximum atomic E-state index is 12.5. The van der Waals surface area contributed by atoms with Crippen molar-refractivity contribution in [3.8, 4) is 17.3 Å². The Morgan fingerprint density at radius 3 is 2.35 bits per heavy atom. The Hall–Kier alpha value is -2.06. The van der Waals surface area contributed by atoms with Crippen molar-refractivity contribution < 1.29 is 13.2 Å². The fourth-order valence-corrected chi connectivity index (χ4v) is 2.01. The highest BCUT2D eigenvalue weighted by Gasteiger charge is 2.30. The van der Waals surface area contributed by atoms with Gasteiger partial charge in [-0.05, 0) is 23.8 Å². The Kier molecular flexibility index (Phi) is 3.96. The fraction of sp³-hybridized carbons (Fsp3) is 0.143. The van der Waals surface area contributed by atoms with Crippen LogP contribution in [0.15, 0.2) is 36.5 Å². The van der Waals surface area contributed by atoms with E-state index in [4.69, 9.17) is 16.9 Å². The van der Waals surface area contributed by atoms with E-state index >= 15 is 0 Å². The SMILES string of the molecule is N#CCc1ccnc(-c2ccc(C(F)(F)F)cc2)c1Cl. The average molecular weight is 297 g/mol. The Morgan fingerprint density at radius 1 is 1.15 bits per heavy atom. The molecule has 0 saturated carbocycles. The van der Waals surface area contributed by atoms with Crippen LogP contribution < -0.4 is 0 Å². The van der Waals surface area contributed by atoms with E-state index in [2.05, 4.69) is 4.98 Å². The number of hydrogen-bond acceptors (Lipinski definition) is 2. The third kappa shape index (κ3) is 2.91. The zero-order valence-corrected chi connectivity index (χ0v) is 10.8. The van der Waals surface area contributed by atoms with Gasteiger partial charge in [0.1, 0.15) is 0 Å². The van der Waals surface area contributed by atoms with Crippen molar-refractivity contribution in [1.82, 2.24) is 4.98 Å². The van der Waals surface area contributed by atoms with E-state index in [1.54, 1.807) is 6.07 Å². The van der Waals surface area contributed by atoms with E-state index in [9.17, 15) is 13.2 Å². The molecule has 0 aliphatic heterocycles. The molecule has 2 nitrogen and oxygen atoms in total. The molecule has 2 aromatic rings. The summed E-state index contributed by atoms with van der Waals surface area (Å²) in [4.78, 5) is 4.06. The van der Waals surface area contributed by atoms with Gasteiger partial charge in [-0.3, -0.25) is 4.98 Å². The number of alkyl halides is 3. The normalized spacial score (nSPS) is 11.2. The maximum Gasteiger partial charge on any atom is 0.416 e. The van der Waals surface area contributed by atoms with Crippen molar-refractivity contribution in [2.45, 2.75) is 12.6 Å². The molecule has 0 aliphatic rings. The number of benzene rings is 1. The Balaban J connectivity index is 2.43. The van der Waals surface area contributed by atoms with Gasteiger partial charge in [0.25, 0.3) is 0 Å². The predicted octanol–water partition coefficient (Wildman–Crippen LogP) is 4.49. The number of nitrogens with zero attached hydrogens (tertiary/aromatic N) is 2. The molecular formula is C14H8ClF3N2. The number of nitriles is 1. The van der Waals surface area contributed by atoms with E-state index < -0.39 is 11.7 Å². The van der Waals surface area contributed by atoms with Crippen LogP contribution >= 0.6 is 11.6 Å². The molecule has 2 rings (SSSR count). The molecule has 0 amide bonds. The van der Waals surface area contributed by atoms with E-state index in [0.717, 1.165) is 12.1 Å². The van der Waals surface area contributed by atoms with E-state index in [1.807, 2.05) is 6.07 Å². The molecule has 0 atom stereocenters. The Bertz CT molecular complexity index is 658. The summed E-state index contributed by atoms with van der Waals surface area (Å²) < 4.78 is 37.5. The molecule has 1 heterocycles. The van der Waals surface area contributed by atoms with Crippen LogP contribution in [0.4, 0.5) is 13.2 Å². The number of halogens is 4. The second-order valence-corrected chi connectivity index (χ2v) is 4.42. The monoisotopic (exact) mass is 296 g/mol. The molecule has 0 bridgehead atoms. The summed E-state index contributed by atoms with van der Waals surface area (Å²) in [5, 5.41) is 8.96. The second kappa shape index (κ2) is 5.51. The summed E-state index contributed by atoms with van der Waals surface area (Å²) >= 11 is 6.12. The van der Waals surface area contributed by atoms with Crippen LogP contribution in [-0.4, -0.2) is 4.98 Å². The smallest absolute Gasteiger partial charge is 0.255 e. The first-order valence-electron chi connectivity index (χ1n) is 5.61. The maximum absolute atomic E-state index is 12.5. The zero-order valence-electron chi connectivity index (χ0n) is 10.1. The molecule has 1 aromatic carbocycles. The minimum absolute atomic E-state index is 0.120. The van der Waals surface area contributed by atoms with Gasteiger partial charge in [0, 0.05) is 11.8 Å². The topological polar surface area (TPSA) is 36.7 Å². The minimum atomic E-state index is -4.38. The molecule has 0 fully saturated rings. The summed E-state index contributed by atoms with van der Waals surface area (Å²) in [5.41, 5.74) is 0.709. The van der Waals surface area contributed by atoms with E-state index in [0.29, 0.717) is 16.8 Å². The summed E-state index contributed by atoms with van der Waals surface area (Å²) in [6, 6.07) is 8.16. The summed E-state index contributed by atoms with van der Waals surface area (Å²) in [6.45, 7) is 0. The van der Waals surface area contributed by atoms with E-state index in [-0.39, 0.29) is 11.4 Å². The Labute approximate surface area is 118 Å². The van der Waals surface area contributed by atoms with Gasteiger partial charge in [-0.1, -0.05) is 23.7 Å². The van der Waals surface area contributed by atoms with Crippen molar-refractivity contribution in [2.24, 2.45) is 0 Å². The molecular weight excluding hydrogens is 289 g/mol. The number of rotatable bonds is 2. The van der Waals surface area contributed by atoms with Gasteiger partial charge in [0.15, 0.2) is 0 Å². The molecule has 0 saturated heterocycles. The van der Waals surface area contributed by atoms with Gasteiger partial charge < -0.3 is 0 Å². The van der Waals surface area contributed by atoms with Gasteiger partial charge in [0.05, 0.1) is 28.8 Å². The second-order valence-electron chi connectivity index (χ2n) is 4.04. The quantitative estimate of drug-likeness (QED) is 0.819. The van der Waals surface area contributed by atoms with Crippen LogP contribution in [0.3, 0.4) is 0 Å². The summed E-state index contributed by atoms with van der Waals surface area (Å²) in [6.07, 6.45) is -2.78. The predicted molar refractivity (Wildman–Crippen MR) is 69.0 cm³/mol. The molecule has 0 unspecified atom stereocenters. The third-order valence-corrected chi connectivity index (χ3v) is 3.15. The van der Waals surface area contributed by atoms with Gasteiger partial charge in [0.2, 0.25) is 0 Å². The van der Waals surface area contributed by atoms with Crippen LogP contribution in [0.25, 0.3) is 11.3 Å². The van der Waals surface area contributed by atoms with Gasteiger partial charge in [-0.25, -0.2) is 0 Å². The zero-order chi connectivity index (χ0) is 14.8. The van der Waals surface area contributed by atoms with Crippen LogP contribution in [0.1, 0.15) is 11.1 Å². The Morgan fingerprint density at radius 2 is 1.80 bits per heavy atom. The molecule has 6 heteroatoms. The highest BCUT2D eigenvalue weighted by molar-refractivity contribution is 6.33. The van der Waals surface area contributed by atoms with Crippen molar-refractivity contribution in [2.75, 3.05) is 0 Å². The van der Waals surface area contributed by atoms with Crippen LogP contribution in [0, 0.1) is 11.3 Å². The molecule has 0 spiro atoms. The van der Waals surface area contributed by atoms with Crippen LogP contribution in [-0.2, 0) is 12.6 Å². The third-order valence-electron chi connectivity index (χ3n) is 2.72. The molecule has 0 radical (unpaired) electrons. The van der Waals surface area contributed by atoms with Crippen LogP contribution in [0.5, 0.6) is 0 Å². The molecule has 1 aromatic heterocycles. The fourth-order valence-electron chi connectivity index (χ4n) is 1.72. The molecule has 20 heavy (non-hydrogen) atoms. The number of pyridine rings is 1. The van der Waals surface area contributed by atoms with Gasteiger partial charge >= 0.3 is 6.18 Å². The first-order chi connectivity index (χ1) is 9.43. The molecule has 102 valence electrons. The lowest BCUT2D eigenvalue weighted by atomic mass is 10.1. The molecule has 0 N–H and O–H groups in total. The van der Waals surface area contributed by atoms with Crippen molar-refractivity contribution >= 4 is 11.6 Å². The largest absolute Gasteiger partial charge is 0.416 e. The first-order valence-corrected chi connectivity index (χ1v) is 5.99. The van der Waals surface area contributed by atoms with E-state index in [1.165, 1.54) is 18.3 Å². The summed E-state index contributed by atoms with van der Waals surface area (Å²) in [5.74, 6) is 0. The highest BCUT2D eigenvalue weighted by Crippen LogP contribution is 2.33. The van der Waals surface area contributed by atoms with Gasteiger partial charge in [-0.2, -0.15) is 18.4 Å². The number of aromatic nitrogens is 1. The first kappa shape index (κ1) is 14.4. The highest BCUT2D eigenvalue weighted by atomic mass is 35.5. The number of hydrogen-bond donors (Lipinski definition) is 0. The average Bonchev–Trinajstić information content (AvgIpc) is 2.41. The van der Waals surface area contributed by atoms with Crippen LogP contribution in [0.2, 0.25) is 5.02 Å². The van der Waals surface area contributed by atoms with Crippen molar-refractivity contribution in [1.29, 1.82) is 5.26 Å². The standard InChI is InChI=1S/C14H8ClF3N2/c15-12-9(5-7-19)6-8-20-13(12)10-1-3-11(4-2-10)14(16,17)18/h1-4,6,8H,5H2. The molecule has 0 aliphatic carbocycles. The lowest BCUT2D eigenvalue weighted by molar-refractivity contribution is -0.137. The van der Waals surface area contributed by atoms with Gasteiger partial charge in [-0.15, -0.1) is 0 Å². The summed E-state index contributed by atoms with van der Waals surface area (Å²) in [7, 11) is 0. The van der Waals surface area contributed by atoms with Crippen molar-refractivity contribution in [3.63, 3.8) is 0 Å². The lowest BCUT2D eigenvalue weighted by Gasteiger charge is -2.09. The minimum Gasteiger partial charge on any atom is -0.255 e. The lowest BCUT2D eigenvalue weighted by Crippen LogP contribution is -2.04.